The van der Waals surface area contributed by atoms with Gasteiger partial charge < -0.3 is 37.0 Å². The van der Waals surface area contributed by atoms with Crippen molar-refractivity contribution in [2.24, 2.45) is 11.7 Å². The molecule has 3 amide bonds. The van der Waals surface area contributed by atoms with Gasteiger partial charge in [-0.05, 0) is 41.3 Å². The summed E-state index contributed by atoms with van der Waals surface area (Å²) in [6.45, 7) is 3.71. The molecule has 212 valence electrons. The second kappa shape index (κ2) is 15.0. The molecule has 5 atom stereocenters. The molecule has 11 nitrogen and oxygen atoms in total. The molecular weight excluding hydrogens is 524 g/mol. The first-order valence-corrected chi connectivity index (χ1v) is 13.1. The number of nitrogens with two attached hydrogens (primary N) is 1. The summed E-state index contributed by atoms with van der Waals surface area (Å²) >= 11 is 4.15. The number of rotatable bonds is 14. The van der Waals surface area contributed by atoms with Gasteiger partial charge in [-0.2, -0.15) is 12.6 Å². The van der Waals surface area contributed by atoms with E-state index in [9.17, 15) is 34.5 Å². The van der Waals surface area contributed by atoms with Crippen molar-refractivity contribution in [1.29, 1.82) is 0 Å². The Morgan fingerprint density at radius 2 is 1.18 bits per heavy atom. The number of amides is 3. The van der Waals surface area contributed by atoms with Crippen LogP contribution in [0.2, 0.25) is 0 Å². The van der Waals surface area contributed by atoms with Crippen molar-refractivity contribution in [3.05, 3.63) is 59.7 Å². The van der Waals surface area contributed by atoms with Crippen molar-refractivity contribution in [1.82, 2.24) is 16.0 Å². The van der Waals surface area contributed by atoms with Gasteiger partial charge in [0.1, 0.15) is 29.6 Å². The number of phenolic OH excluding ortho intramolecular Hbond substituents is 2. The van der Waals surface area contributed by atoms with Gasteiger partial charge in [0.15, 0.2) is 0 Å². The number of thiol groups is 1. The van der Waals surface area contributed by atoms with Crippen molar-refractivity contribution in [3.8, 4) is 11.5 Å². The molecule has 2 aromatic rings. The van der Waals surface area contributed by atoms with Crippen molar-refractivity contribution in [2.45, 2.75) is 57.3 Å². The molecule has 0 aliphatic carbocycles. The Morgan fingerprint density at radius 1 is 0.769 bits per heavy atom. The fraction of sp³-hybridized carbons (Fsp3) is 0.407. The number of phenols is 2. The van der Waals surface area contributed by atoms with Crippen LogP contribution in [0, 0.1) is 5.92 Å². The average molecular weight is 561 g/mol. The van der Waals surface area contributed by atoms with Crippen LogP contribution in [0.1, 0.15) is 31.4 Å². The van der Waals surface area contributed by atoms with Crippen molar-refractivity contribution >= 4 is 36.3 Å². The number of hydrogen-bond acceptors (Lipinski definition) is 8. The van der Waals surface area contributed by atoms with Crippen molar-refractivity contribution in [3.63, 3.8) is 0 Å². The lowest BCUT2D eigenvalue weighted by Crippen LogP contribution is -2.58. The van der Waals surface area contributed by atoms with Crippen LogP contribution >= 0.6 is 12.6 Å². The Bertz CT molecular complexity index is 1130. The van der Waals surface area contributed by atoms with Gasteiger partial charge in [0.05, 0.1) is 6.04 Å². The molecule has 0 saturated carbocycles. The smallest absolute Gasteiger partial charge is 0.326 e. The number of carbonyl (C=O) groups excluding carboxylic acids is 3. The average Bonchev–Trinajstić information content (AvgIpc) is 2.91. The predicted octanol–water partition coefficient (Wildman–Crippen LogP) is 0.725. The summed E-state index contributed by atoms with van der Waals surface area (Å²) in [5.41, 5.74) is 7.25. The second-order valence-corrected chi connectivity index (χ2v) is 9.72. The summed E-state index contributed by atoms with van der Waals surface area (Å²) in [5.74, 6) is -3.49. The maximum absolute atomic E-state index is 13.3. The van der Waals surface area contributed by atoms with Gasteiger partial charge in [0.25, 0.3) is 0 Å². The third kappa shape index (κ3) is 9.80. The van der Waals surface area contributed by atoms with Crippen molar-refractivity contribution in [2.75, 3.05) is 5.75 Å². The maximum Gasteiger partial charge on any atom is 0.326 e. The first kappa shape index (κ1) is 31.4. The summed E-state index contributed by atoms with van der Waals surface area (Å²) in [7, 11) is 0. The van der Waals surface area contributed by atoms with E-state index in [1.54, 1.807) is 12.1 Å². The number of aliphatic carboxylic acids is 1. The summed E-state index contributed by atoms with van der Waals surface area (Å²) in [4.78, 5) is 50.8. The first-order chi connectivity index (χ1) is 18.4. The summed E-state index contributed by atoms with van der Waals surface area (Å²) in [5, 5.41) is 36.2. The van der Waals surface area contributed by atoms with Crippen molar-refractivity contribution < 1.29 is 34.5 Å². The molecular formula is C27H36N4O7S. The number of hydrogen-bond donors (Lipinski definition) is 8. The largest absolute Gasteiger partial charge is 0.508 e. The van der Waals surface area contributed by atoms with E-state index in [4.69, 9.17) is 5.73 Å². The standard InChI is InChI=1S/C27H36N4O7S/c1-3-15(2)23(28)26(36)29-20(12-16-4-8-18(32)9-5-16)24(34)31-22(14-39)25(35)30-21(27(37)38)13-17-6-10-19(33)11-7-17/h4-11,15,20-23,32-33,39H,3,12-14,28H2,1-2H3,(H,29,36)(H,30,35)(H,31,34)(H,37,38). The predicted molar refractivity (Wildman–Crippen MR) is 148 cm³/mol. The van der Waals surface area contributed by atoms with Gasteiger partial charge in [-0.15, -0.1) is 0 Å². The van der Waals surface area contributed by atoms with Gasteiger partial charge >= 0.3 is 5.97 Å². The third-order valence-electron chi connectivity index (χ3n) is 6.38. The highest BCUT2D eigenvalue weighted by Crippen LogP contribution is 2.14. The van der Waals surface area contributed by atoms with Crippen LogP contribution in [0.25, 0.3) is 0 Å². The Hall–Kier alpha value is -3.77. The fourth-order valence-electron chi connectivity index (χ4n) is 3.66. The Morgan fingerprint density at radius 3 is 1.62 bits per heavy atom. The molecule has 0 aliphatic heterocycles. The number of carboxylic acid groups (broad SMARTS) is 1. The van der Waals surface area contributed by atoms with Crippen LogP contribution in [0.5, 0.6) is 11.5 Å². The maximum atomic E-state index is 13.3. The van der Waals surface area contributed by atoms with Crippen LogP contribution in [-0.4, -0.2) is 68.9 Å². The van der Waals surface area contributed by atoms with Gasteiger partial charge in [-0.1, -0.05) is 44.5 Å². The van der Waals surface area contributed by atoms with Crippen LogP contribution in [0.4, 0.5) is 0 Å². The molecule has 0 radical (unpaired) electrons. The molecule has 0 heterocycles. The second-order valence-electron chi connectivity index (χ2n) is 9.36. The number of carbonyl (C=O) groups is 4. The molecule has 39 heavy (non-hydrogen) atoms. The third-order valence-corrected chi connectivity index (χ3v) is 6.74. The Labute approximate surface area is 232 Å². The molecule has 0 bridgehead atoms. The fourth-order valence-corrected chi connectivity index (χ4v) is 3.92. The Balaban J connectivity index is 2.16. The molecule has 0 aliphatic rings. The molecule has 2 aromatic carbocycles. The molecule has 0 fully saturated rings. The number of carboxylic acids is 1. The summed E-state index contributed by atoms with van der Waals surface area (Å²) in [6.07, 6.45) is 0.645. The number of aromatic hydroxyl groups is 2. The van der Waals surface area contributed by atoms with E-state index in [-0.39, 0.29) is 36.0 Å². The van der Waals surface area contributed by atoms with Crippen LogP contribution in [-0.2, 0) is 32.0 Å². The van der Waals surface area contributed by atoms with E-state index in [0.29, 0.717) is 17.5 Å². The highest BCUT2D eigenvalue weighted by Gasteiger charge is 2.31. The molecule has 2 rings (SSSR count). The molecule has 8 N–H and O–H groups in total. The lowest BCUT2D eigenvalue weighted by atomic mass is 9.98. The topological polar surface area (TPSA) is 191 Å². The normalized spacial score (nSPS) is 14.8. The highest BCUT2D eigenvalue weighted by atomic mass is 32.1. The van der Waals surface area contributed by atoms with E-state index in [1.807, 2.05) is 13.8 Å². The zero-order valence-corrected chi connectivity index (χ0v) is 22.7. The number of nitrogens with one attached hydrogen (secondary N) is 3. The van der Waals surface area contributed by atoms with Crippen LogP contribution < -0.4 is 21.7 Å². The zero-order valence-electron chi connectivity index (χ0n) is 21.8. The highest BCUT2D eigenvalue weighted by molar-refractivity contribution is 7.80. The Kier molecular flexibility index (Phi) is 12.1. The quantitative estimate of drug-likeness (QED) is 0.155. The van der Waals surface area contributed by atoms with Gasteiger partial charge in [-0.25, -0.2) is 4.79 Å². The van der Waals surface area contributed by atoms with Gasteiger partial charge in [0.2, 0.25) is 17.7 Å². The lowest BCUT2D eigenvalue weighted by Gasteiger charge is -2.25. The molecule has 0 saturated heterocycles. The van der Waals surface area contributed by atoms with Crippen LogP contribution in [0.15, 0.2) is 48.5 Å². The number of benzene rings is 2. The lowest BCUT2D eigenvalue weighted by molar-refractivity contribution is -0.142. The van der Waals surface area contributed by atoms with E-state index in [2.05, 4.69) is 28.6 Å². The van der Waals surface area contributed by atoms with Gasteiger partial charge in [-0.3, -0.25) is 14.4 Å². The summed E-state index contributed by atoms with van der Waals surface area (Å²) < 4.78 is 0. The van der Waals surface area contributed by atoms with Gasteiger partial charge in [0, 0.05) is 18.6 Å². The molecule has 0 aromatic heterocycles. The molecule has 12 heteroatoms. The molecule has 5 unspecified atom stereocenters. The molecule has 0 spiro atoms. The monoisotopic (exact) mass is 560 g/mol. The minimum atomic E-state index is -1.30. The summed E-state index contributed by atoms with van der Waals surface area (Å²) in [6, 6.07) is 7.50. The minimum absolute atomic E-state index is 0.0200. The SMILES string of the molecule is CCC(C)C(N)C(=O)NC(Cc1ccc(O)cc1)C(=O)NC(CS)C(=O)NC(Cc1ccc(O)cc1)C(=O)O. The van der Waals surface area contributed by atoms with Crippen LogP contribution in [0.3, 0.4) is 0 Å². The first-order valence-electron chi connectivity index (χ1n) is 12.5. The minimum Gasteiger partial charge on any atom is -0.508 e. The van der Waals surface area contributed by atoms with E-state index < -0.39 is 47.9 Å². The van der Waals surface area contributed by atoms with E-state index >= 15 is 0 Å². The zero-order chi connectivity index (χ0) is 29.1. The van der Waals surface area contributed by atoms with E-state index in [0.717, 1.165) is 0 Å². The van der Waals surface area contributed by atoms with E-state index in [1.165, 1.54) is 36.4 Å².